The van der Waals surface area contributed by atoms with Gasteiger partial charge in [-0.2, -0.15) is 0 Å². The summed E-state index contributed by atoms with van der Waals surface area (Å²) in [6, 6.07) is -0.147. The number of aromatic hydroxyl groups is 2. The van der Waals surface area contributed by atoms with E-state index in [1.807, 2.05) is 0 Å². The van der Waals surface area contributed by atoms with Gasteiger partial charge in [0.25, 0.3) is 0 Å². The van der Waals surface area contributed by atoms with Crippen molar-refractivity contribution in [3.63, 3.8) is 0 Å². The Balaban J connectivity index is 3.60. The molecule has 0 radical (unpaired) electrons. The van der Waals surface area contributed by atoms with E-state index in [2.05, 4.69) is 4.74 Å². The Bertz CT molecular complexity index is 817. The third-order valence-corrected chi connectivity index (χ3v) is 8.21. The smallest absolute Gasteiger partial charge is 0.381 e. The number of primary amides is 1. The Kier molecular flexibility index (Phi) is 7.66. The van der Waals surface area contributed by atoms with E-state index >= 15 is 0 Å². The summed E-state index contributed by atoms with van der Waals surface area (Å²) in [5, 5.41) is 16.1. The summed E-state index contributed by atoms with van der Waals surface area (Å²) >= 11 is 0. The van der Waals surface area contributed by atoms with Crippen LogP contribution in [-0.4, -0.2) is 57.9 Å². The van der Waals surface area contributed by atoms with Crippen LogP contribution in [0.1, 0.15) is 25.8 Å². The molecule has 16 heteroatoms. The van der Waals surface area contributed by atoms with Gasteiger partial charge in [-0.25, -0.2) is 4.79 Å². The molecule has 1 aromatic heterocycles. The molecule has 0 aliphatic carbocycles. The van der Waals surface area contributed by atoms with Gasteiger partial charge in [-0.1, -0.05) is 6.92 Å². The lowest BCUT2D eigenvalue weighted by Gasteiger charge is -2.35. The van der Waals surface area contributed by atoms with E-state index in [9.17, 15) is 48.5 Å². The van der Waals surface area contributed by atoms with Crippen LogP contribution in [0, 0.1) is 5.92 Å². The molecule has 14 nitrogen and oxygen atoms in total. The van der Waals surface area contributed by atoms with Gasteiger partial charge in [-0.3, -0.25) is 18.5 Å². The highest BCUT2D eigenvalue weighted by Gasteiger charge is 2.64. The van der Waals surface area contributed by atoms with E-state index in [-0.39, 0.29) is 13.0 Å². The lowest BCUT2D eigenvalue weighted by Crippen LogP contribution is -2.41. The number of amides is 1. The zero-order valence-corrected chi connectivity index (χ0v) is 16.9. The molecule has 1 amide bonds. The van der Waals surface area contributed by atoms with Crippen LogP contribution in [0.4, 0.5) is 0 Å². The average molecular weight is 459 g/mol. The fraction of sp³-hybridized carbons (Fsp3) is 0.538. The summed E-state index contributed by atoms with van der Waals surface area (Å²) in [6.07, 6.45) is -1.36. The summed E-state index contributed by atoms with van der Waals surface area (Å²) in [4.78, 5) is 62.8. The molecular weight excluding hydrogens is 436 g/mol. The van der Waals surface area contributed by atoms with E-state index in [0.29, 0.717) is 4.57 Å². The van der Waals surface area contributed by atoms with Gasteiger partial charge in [0.15, 0.2) is 11.8 Å². The molecular formula is C13H23N3O11P2. The molecule has 1 aromatic rings. The van der Waals surface area contributed by atoms with E-state index in [4.69, 9.17) is 11.5 Å². The van der Waals surface area contributed by atoms with E-state index in [1.165, 1.54) is 0 Å². The number of aromatic nitrogens is 1. The highest BCUT2D eigenvalue weighted by molar-refractivity contribution is 7.72. The van der Waals surface area contributed by atoms with Crippen LogP contribution >= 0.6 is 15.2 Å². The number of carbonyl (C=O) groups is 2. The van der Waals surface area contributed by atoms with Crippen LogP contribution in [-0.2, 0) is 23.5 Å². The second-order valence-corrected chi connectivity index (χ2v) is 10.2. The van der Waals surface area contributed by atoms with Crippen molar-refractivity contribution in [3.8, 4) is 11.8 Å². The van der Waals surface area contributed by atoms with Crippen molar-refractivity contribution in [2.45, 2.75) is 30.9 Å². The van der Waals surface area contributed by atoms with Crippen molar-refractivity contribution in [2.75, 3.05) is 6.54 Å². The first-order valence-electron chi connectivity index (χ1n) is 8.03. The van der Waals surface area contributed by atoms with Gasteiger partial charge in [-0.05, 0) is 13.0 Å². The molecule has 0 aliphatic heterocycles. The fourth-order valence-corrected chi connectivity index (χ4v) is 5.26. The molecule has 0 saturated carbocycles. The topological polar surface area (TPSA) is 256 Å². The quantitative estimate of drug-likeness (QED) is 0.152. The maximum absolute atomic E-state index is 12.8. The van der Waals surface area contributed by atoms with Crippen LogP contribution in [0.2, 0.25) is 0 Å². The van der Waals surface area contributed by atoms with E-state index < -0.39 is 62.3 Å². The minimum atomic E-state index is -5.82. The highest BCUT2D eigenvalue weighted by Crippen LogP contribution is 2.71. The van der Waals surface area contributed by atoms with E-state index in [0.717, 1.165) is 19.1 Å². The molecule has 2 atom stereocenters. The molecule has 0 saturated heterocycles. The molecule has 29 heavy (non-hydrogen) atoms. The number of esters is 1. The highest BCUT2D eigenvalue weighted by atomic mass is 31.2. The minimum absolute atomic E-state index is 0.250. The summed E-state index contributed by atoms with van der Waals surface area (Å²) in [5.74, 6) is -5.91. The van der Waals surface area contributed by atoms with Gasteiger partial charge in [0.05, 0.1) is 5.92 Å². The summed E-state index contributed by atoms with van der Waals surface area (Å²) < 4.78 is 29.1. The van der Waals surface area contributed by atoms with Crippen molar-refractivity contribution in [1.82, 2.24) is 4.57 Å². The number of hydrogen-bond acceptors (Lipinski definition) is 8. The lowest BCUT2D eigenvalue weighted by atomic mass is 10.0. The third kappa shape index (κ3) is 4.98. The van der Waals surface area contributed by atoms with Crippen molar-refractivity contribution >= 4 is 27.1 Å². The molecule has 1 rings (SSSR count). The first kappa shape index (κ1) is 25.1. The first-order valence-corrected chi connectivity index (χ1v) is 11.3. The Labute approximate surface area is 164 Å². The van der Waals surface area contributed by atoms with Gasteiger partial charge in [-0.15, -0.1) is 0 Å². The molecule has 0 spiro atoms. The van der Waals surface area contributed by atoms with Gasteiger partial charge < -0.3 is 46.0 Å². The van der Waals surface area contributed by atoms with Crippen LogP contribution < -0.4 is 11.5 Å². The van der Waals surface area contributed by atoms with Crippen LogP contribution in [0.15, 0.2) is 12.1 Å². The monoisotopic (exact) mass is 459 g/mol. The Hall–Kier alpha value is -1.92. The summed E-state index contributed by atoms with van der Waals surface area (Å²) in [7, 11) is -11.6. The minimum Gasteiger partial charge on any atom is -0.494 e. The van der Waals surface area contributed by atoms with Crippen molar-refractivity contribution in [3.05, 3.63) is 12.1 Å². The van der Waals surface area contributed by atoms with Crippen molar-refractivity contribution in [1.29, 1.82) is 0 Å². The van der Waals surface area contributed by atoms with Crippen LogP contribution in [0.25, 0.3) is 0 Å². The first-order chi connectivity index (χ1) is 13.1. The molecule has 0 fully saturated rings. The molecule has 166 valence electrons. The maximum Gasteiger partial charge on any atom is 0.381 e. The molecule has 1 unspecified atom stereocenters. The Morgan fingerprint density at radius 2 is 1.59 bits per heavy atom. The number of rotatable bonds is 10. The average Bonchev–Trinajstić information content (AvgIpc) is 2.88. The zero-order chi connectivity index (χ0) is 22.8. The number of nitrogens with zero attached hydrogens (tertiary/aromatic N) is 1. The van der Waals surface area contributed by atoms with Gasteiger partial charge in [0.2, 0.25) is 5.91 Å². The molecule has 0 aromatic carbocycles. The lowest BCUT2D eigenvalue weighted by molar-refractivity contribution is -0.157. The van der Waals surface area contributed by atoms with Gasteiger partial charge >= 0.3 is 26.2 Å². The zero-order valence-electron chi connectivity index (χ0n) is 15.2. The molecule has 0 bridgehead atoms. The number of ether oxygens (including phenoxy) is 1. The largest absolute Gasteiger partial charge is 0.494 e. The number of nitrogens with two attached hydrogens (primary N) is 2. The normalized spacial score (nSPS) is 15.0. The molecule has 10 N–H and O–H groups in total. The van der Waals surface area contributed by atoms with Gasteiger partial charge in [0.1, 0.15) is 6.04 Å². The standard InChI is InChI=1S/C13H23N3O11P2/c1-7(11(15)19)10(16-8(17)3-4-9(16)18)12(20)27-13(5-2-6-14,28(21,22)23)29(24,25)26/h3-4,7,10,17-18H,2,5-6,14H2,1H3,(H2,15,19)(H2,21,22,23)(H2,24,25,26)/t7?,10-/m0/s1. The predicted molar refractivity (Wildman–Crippen MR) is 96.4 cm³/mol. The fourth-order valence-electron chi connectivity index (χ4n) is 2.59. The summed E-state index contributed by atoms with van der Waals surface area (Å²) in [6.45, 7) is 0.823. The number of carbonyl (C=O) groups excluding carboxylic acids is 2. The number of hydrogen-bond donors (Lipinski definition) is 8. The SMILES string of the molecule is CC(C(N)=O)[C@@H](C(=O)OC(CCCN)(P(=O)(O)O)P(=O)(O)O)n1c(O)ccc1O. The second-order valence-electron chi connectivity index (χ2n) is 6.20. The Morgan fingerprint density at radius 1 is 1.14 bits per heavy atom. The van der Waals surface area contributed by atoms with Crippen LogP contribution in [0.5, 0.6) is 11.8 Å². The van der Waals surface area contributed by atoms with Crippen LogP contribution in [0.3, 0.4) is 0 Å². The third-order valence-electron chi connectivity index (χ3n) is 4.20. The maximum atomic E-state index is 12.8. The van der Waals surface area contributed by atoms with Crippen molar-refractivity contribution in [2.24, 2.45) is 17.4 Å². The second kappa shape index (κ2) is 8.84. The van der Waals surface area contributed by atoms with E-state index in [1.54, 1.807) is 0 Å². The van der Waals surface area contributed by atoms with Gasteiger partial charge in [0, 0.05) is 18.6 Å². The summed E-state index contributed by atoms with van der Waals surface area (Å²) in [5.41, 5.74) is 10.4. The predicted octanol–water partition coefficient (Wildman–Crippen LogP) is -1.15. The molecule has 1 heterocycles. The van der Waals surface area contributed by atoms with Crippen molar-refractivity contribution < 1.29 is 53.2 Å². The Morgan fingerprint density at radius 3 is 1.93 bits per heavy atom. The molecule has 0 aliphatic rings.